The van der Waals surface area contributed by atoms with Gasteiger partial charge >= 0.3 is 0 Å². The number of rotatable bonds is 5. The van der Waals surface area contributed by atoms with E-state index in [1.165, 1.54) is 10.6 Å². The second-order valence-electron chi connectivity index (χ2n) is 3.85. The lowest BCUT2D eigenvalue weighted by molar-refractivity contribution is 0.437. The van der Waals surface area contributed by atoms with Crippen LogP contribution >= 0.6 is 11.8 Å². The first-order valence-electron chi connectivity index (χ1n) is 5.06. The van der Waals surface area contributed by atoms with Gasteiger partial charge in [-0.25, -0.2) is 0 Å². The molecule has 0 aliphatic carbocycles. The van der Waals surface area contributed by atoms with E-state index in [9.17, 15) is 0 Å². The van der Waals surface area contributed by atoms with Gasteiger partial charge in [-0.05, 0) is 21.0 Å². The third-order valence-electron chi connectivity index (χ3n) is 2.27. The Morgan fingerprint density at radius 3 is 2.67 bits per heavy atom. The quantitative estimate of drug-likeness (QED) is 0.759. The van der Waals surface area contributed by atoms with Crippen LogP contribution in [0, 0.1) is 6.92 Å². The maximum absolute atomic E-state index is 5.72. The predicted octanol–water partition coefficient (Wildman–Crippen LogP) is 0.841. The highest BCUT2D eigenvalue weighted by molar-refractivity contribution is 7.99. The van der Waals surface area contributed by atoms with Gasteiger partial charge < -0.3 is 10.6 Å². The normalized spacial score (nSPS) is 11.3. The first kappa shape index (κ1) is 12.5. The minimum absolute atomic E-state index is 0.573. The van der Waals surface area contributed by atoms with Crippen LogP contribution in [0.1, 0.15) is 11.3 Å². The van der Waals surface area contributed by atoms with Gasteiger partial charge in [-0.2, -0.15) is 5.10 Å². The summed E-state index contributed by atoms with van der Waals surface area (Å²) in [6.07, 6.45) is 0. The SMILES string of the molecule is Cc1nn(C)c(SCCN(C)C)c1CN. The first-order valence-corrected chi connectivity index (χ1v) is 6.05. The summed E-state index contributed by atoms with van der Waals surface area (Å²) in [7, 11) is 6.14. The molecule has 86 valence electrons. The van der Waals surface area contributed by atoms with E-state index < -0.39 is 0 Å². The number of nitrogens with zero attached hydrogens (tertiary/aromatic N) is 3. The Balaban J connectivity index is 2.67. The first-order chi connectivity index (χ1) is 7.06. The van der Waals surface area contributed by atoms with E-state index in [2.05, 4.69) is 24.1 Å². The Bertz CT molecular complexity index is 319. The fourth-order valence-electron chi connectivity index (χ4n) is 1.42. The van der Waals surface area contributed by atoms with Crippen molar-refractivity contribution in [2.75, 3.05) is 26.4 Å². The van der Waals surface area contributed by atoms with Crippen molar-refractivity contribution in [3.05, 3.63) is 11.3 Å². The zero-order chi connectivity index (χ0) is 11.4. The molecule has 0 saturated carbocycles. The van der Waals surface area contributed by atoms with Crippen molar-refractivity contribution in [3.8, 4) is 0 Å². The number of hydrogen-bond donors (Lipinski definition) is 1. The van der Waals surface area contributed by atoms with Crippen LogP contribution in [0.2, 0.25) is 0 Å². The lowest BCUT2D eigenvalue weighted by Gasteiger charge is -2.09. The highest BCUT2D eigenvalue weighted by Crippen LogP contribution is 2.24. The zero-order valence-corrected chi connectivity index (χ0v) is 10.8. The molecule has 1 heterocycles. The number of thioether (sulfide) groups is 1. The smallest absolute Gasteiger partial charge is 0.0984 e. The molecule has 0 atom stereocenters. The Labute approximate surface area is 95.8 Å². The van der Waals surface area contributed by atoms with Gasteiger partial charge in [0.2, 0.25) is 0 Å². The maximum atomic E-state index is 5.72. The molecule has 1 aromatic heterocycles. The third-order valence-corrected chi connectivity index (χ3v) is 3.44. The average Bonchev–Trinajstić information content (AvgIpc) is 2.41. The van der Waals surface area contributed by atoms with Crippen molar-refractivity contribution >= 4 is 11.8 Å². The molecule has 0 saturated heterocycles. The summed E-state index contributed by atoms with van der Waals surface area (Å²) < 4.78 is 1.93. The molecule has 0 fully saturated rings. The Morgan fingerprint density at radius 2 is 2.13 bits per heavy atom. The molecule has 0 unspecified atom stereocenters. The monoisotopic (exact) mass is 228 g/mol. The summed E-state index contributed by atoms with van der Waals surface area (Å²) in [4.78, 5) is 2.18. The standard InChI is InChI=1S/C10H20N4S/c1-8-9(7-11)10(14(4)12-8)15-6-5-13(2)3/h5-7,11H2,1-4H3. The van der Waals surface area contributed by atoms with Crippen LogP contribution < -0.4 is 5.73 Å². The molecule has 5 heteroatoms. The van der Waals surface area contributed by atoms with Gasteiger partial charge in [0.15, 0.2) is 0 Å². The molecule has 2 N–H and O–H groups in total. The van der Waals surface area contributed by atoms with Crippen molar-refractivity contribution in [2.24, 2.45) is 12.8 Å². The van der Waals surface area contributed by atoms with Crippen molar-refractivity contribution in [2.45, 2.75) is 18.5 Å². The lowest BCUT2D eigenvalue weighted by Crippen LogP contribution is -2.15. The van der Waals surface area contributed by atoms with Crippen LogP contribution in [-0.2, 0) is 13.6 Å². The molecular formula is C10H20N4S. The molecular weight excluding hydrogens is 208 g/mol. The van der Waals surface area contributed by atoms with Crippen molar-refractivity contribution < 1.29 is 0 Å². The van der Waals surface area contributed by atoms with Gasteiger partial charge in [-0.15, -0.1) is 11.8 Å². The van der Waals surface area contributed by atoms with Gasteiger partial charge in [-0.3, -0.25) is 4.68 Å². The Kier molecular flexibility index (Phi) is 4.63. The van der Waals surface area contributed by atoms with E-state index in [1.54, 1.807) is 0 Å². The van der Waals surface area contributed by atoms with Crippen LogP contribution in [0.15, 0.2) is 5.03 Å². The highest BCUT2D eigenvalue weighted by Gasteiger charge is 2.11. The van der Waals surface area contributed by atoms with Gasteiger partial charge in [0.25, 0.3) is 0 Å². The molecule has 0 radical (unpaired) electrons. The van der Waals surface area contributed by atoms with E-state index >= 15 is 0 Å². The molecule has 0 aliphatic rings. The minimum Gasteiger partial charge on any atom is -0.326 e. The van der Waals surface area contributed by atoms with Crippen LogP contribution in [0.3, 0.4) is 0 Å². The van der Waals surface area contributed by atoms with Gasteiger partial charge in [0.1, 0.15) is 0 Å². The molecule has 0 bridgehead atoms. The number of aryl methyl sites for hydroxylation is 2. The summed E-state index contributed by atoms with van der Waals surface area (Å²) in [5, 5.41) is 5.59. The van der Waals surface area contributed by atoms with Crippen molar-refractivity contribution in [3.63, 3.8) is 0 Å². The topological polar surface area (TPSA) is 47.1 Å². The summed E-state index contributed by atoms with van der Waals surface area (Å²) in [6.45, 7) is 3.65. The summed E-state index contributed by atoms with van der Waals surface area (Å²) in [6, 6.07) is 0. The maximum Gasteiger partial charge on any atom is 0.0984 e. The van der Waals surface area contributed by atoms with Crippen LogP contribution in [-0.4, -0.2) is 41.1 Å². The number of aromatic nitrogens is 2. The second kappa shape index (κ2) is 5.53. The lowest BCUT2D eigenvalue weighted by atomic mass is 10.3. The van der Waals surface area contributed by atoms with Gasteiger partial charge in [0, 0.05) is 31.5 Å². The minimum atomic E-state index is 0.573. The van der Waals surface area contributed by atoms with Crippen molar-refractivity contribution in [1.29, 1.82) is 0 Å². The van der Waals surface area contributed by atoms with Gasteiger partial charge in [-0.1, -0.05) is 0 Å². The molecule has 15 heavy (non-hydrogen) atoms. The highest BCUT2D eigenvalue weighted by atomic mass is 32.2. The Morgan fingerprint density at radius 1 is 1.47 bits per heavy atom. The van der Waals surface area contributed by atoms with E-state index in [-0.39, 0.29) is 0 Å². The molecule has 0 spiro atoms. The zero-order valence-electron chi connectivity index (χ0n) is 9.95. The van der Waals surface area contributed by atoms with E-state index in [1.807, 2.05) is 30.4 Å². The fourth-order valence-corrected chi connectivity index (χ4v) is 2.70. The molecule has 0 aromatic carbocycles. The van der Waals surface area contributed by atoms with Crippen LogP contribution in [0.5, 0.6) is 0 Å². The largest absolute Gasteiger partial charge is 0.326 e. The predicted molar refractivity (Wildman–Crippen MR) is 65.1 cm³/mol. The molecule has 4 nitrogen and oxygen atoms in total. The van der Waals surface area contributed by atoms with Gasteiger partial charge in [0.05, 0.1) is 10.7 Å². The molecule has 0 aliphatic heterocycles. The fraction of sp³-hybridized carbons (Fsp3) is 0.700. The third kappa shape index (κ3) is 3.22. The molecule has 0 amide bonds. The number of nitrogens with two attached hydrogens (primary N) is 1. The Hall–Kier alpha value is -0.520. The van der Waals surface area contributed by atoms with E-state index in [0.29, 0.717) is 6.54 Å². The van der Waals surface area contributed by atoms with Crippen molar-refractivity contribution in [1.82, 2.24) is 14.7 Å². The molecule has 1 rings (SSSR count). The van der Waals surface area contributed by atoms with Crippen LogP contribution in [0.25, 0.3) is 0 Å². The molecule has 1 aromatic rings. The van der Waals surface area contributed by atoms with Crippen LogP contribution in [0.4, 0.5) is 0 Å². The number of hydrogen-bond acceptors (Lipinski definition) is 4. The van der Waals surface area contributed by atoms with E-state index in [4.69, 9.17) is 5.73 Å². The summed E-state index contributed by atoms with van der Waals surface area (Å²) in [5.41, 5.74) is 7.95. The van der Waals surface area contributed by atoms with E-state index in [0.717, 1.165) is 18.0 Å². The second-order valence-corrected chi connectivity index (χ2v) is 4.93. The summed E-state index contributed by atoms with van der Waals surface area (Å²) in [5.74, 6) is 1.07. The average molecular weight is 228 g/mol. The summed E-state index contributed by atoms with van der Waals surface area (Å²) >= 11 is 1.83.